The van der Waals surface area contributed by atoms with Crippen molar-refractivity contribution in [1.29, 1.82) is 0 Å². The van der Waals surface area contributed by atoms with Crippen LogP contribution >= 0.6 is 0 Å². The van der Waals surface area contributed by atoms with Crippen molar-refractivity contribution in [3.8, 4) is 5.75 Å². The lowest BCUT2D eigenvalue weighted by Gasteiger charge is -2.16. The largest absolute Gasteiger partial charge is 0.484 e. The molecule has 1 aromatic rings. The monoisotopic (exact) mass is 294 g/mol. The van der Waals surface area contributed by atoms with Crippen molar-refractivity contribution in [2.24, 2.45) is 0 Å². The zero-order chi connectivity index (χ0) is 15.8. The third-order valence-electron chi connectivity index (χ3n) is 2.72. The molecule has 114 valence electrons. The third-order valence-corrected chi connectivity index (χ3v) is 2.72. The first-order chi connectivity index (χ1) is 9.97. The van der Waals surface area contributed by atoms with E-state index in [1.54, 1.807) is 24.3 Å². The number of hydrogen-bond acceptors (Lipinski definition) is 5. The van der Waals surface area contributed by atoms with E-state index in [1.165, 1.54) is 26.1 Å². The van der Waals surface area contributed by atoms with Crippen LogP contribution < -0.4 is 10.1 Å². The summed E-state index contributed by atoms with van der Waals surface area (Å²) in [7, 11) is 4.31. The van der Waals surface area contributed by atoms with Gasteiger partial charge in [-0.3, -0.25) is 9.59 Å². The minimum Gasteiger partial charge on any atom is -0.484 e. The van der Waals surface area contributed by atoms with Crippen molar-refractivity contribution >= 4 is 17.8 Å². The van der Waals surface area contributed by atoms with Gasteiger partial charge in [-0.1, -0.05) is 0 Å². The smallest absolute Gasteiger partial charge is 0.337 e. The van der Waals surface area contributed by atoms with E-state index in [0.29, 0.717) is 11.3 Å². The van der Waals surface area contributed by atoms with Gasteiger partial charge in [0.15, 0.2) is 6.61 Å². The summed E-state index contributed by atoms with van der Waals surface area (Å²) in [6, 6.07) is 6.22. The molecule has 0 saturated heterocycles. The second kappa shape index (κ2) is 7.88. The number of esters is 1. The van der Waals surface area contributed by atoms with Crippen molar-refractivity contribution in [2.75, 3.05) is 34.4 Å². The average molecular weight is 294 g/mol. The predicted octanol–water partition coefficient (Wildman–Crippen LogP) is 0.0564. The lowest BCUT2D eigenvalue weighted by atomic mass is 10.2. The number of nitrogens with one attached hydrogen (secondary N) is 1. The zero-order valence-corrected chi connectivity index (χ0v) is 12.2. The summed E-state index contributed by atoms with van der Waals surface area (Å²) in [5.41, 5.74) is 0.396. The van der Waals surface area contributed by atoms with E-state index in [1.807, 2.05) is 0 Å². The summed E-state index contributed by atoms with van der Waals surface area (Å²) in [4.78, 5) is 35.4. The number of nitrogens with zero attached hydrogens (tertiary/aromatic N) is 1. The molecule has 1 N–H and O–H groups in total. The number of methoxy groups -OCH3 is 1. The molecule has 21 heavy (non-hydrogen) atoms. The number of carbonyl (C=O) groups is 3. The molecule has 0 unspecified atom stereocenters. The molecule has 0 radical (unpaired) electrons. The Bertz CT molecular complexity index is 513. The quantitative estimate of drug-likeness (QED) is 0.750. The van der Waals surface area contributed by atoms with E-state index in [4.69, 9.17) is 4.74 Å². The first kappa shape index (κ1) is 16.5. The lowest BCUT2D eigenvalue weighted by molar-refractivity contribution is -0.136. The molecule has 0 heterocycles. The number of rotatable bonds is 6. The van der Waals surface area contributed by atoms with Gasteiger partial charge < -0.3 is 19.7 Å². The standard InChI is InChI=1S/C14H18N2O5/c1-15-12(17)8-16(2)13(18)9-21-11-6-4-10(5-7-11)14(19)20-3/h4-7H,8-9H2,1-3H3,(H,15,17). The molecule has 1 rings (SSSR count). The predicted molar refractivity (Wildman–Crippen MR) is 75.0 cm³/mol. The van der Waals surface area contributed by atoms with Crippen molar-refractivity contribution in [3.63, 3.8) is 0 Å². The molecule has 0 saturated carbocycles. The summed E-state index contributed by atoms with van der Waals surface area (Å²) in [5, 5.41) is 2.43. The Morgan fingerprint density at radius 1 is 1.19 bits per heavy atom. The number of carbonyl (C=O) groups excluding carboxylic acids is 3. The van der Waals surface area contributed by atoms with Gasteiger partial charge in [-0.15, -0.1) is 0 Å². The Kier molecular flexibility index (Phi) is 6.19. The molecule has 1 aromatic carbocycles. The number of amides is 2. The zero-order valence-electron chi connectivity index (χ0n) is 12.2. The van der Waals surface area contributed by atoms with Crippen LogP contribution in [0.25, 0.3) is 0 Å². The minimum absolute atomic E-state index is 0.0278. The van der Waals surface area contributed by atoms with Crippen molar-refractivity contribution < 1.29 is 23.9 Å². The third kappa shape index (κ3) is 5.13. The molecule has 0 bridgehead atoms. The molecule has 0 aliphatic rings. The van der Waals surface area contributed by atoms with Gasteiger partial charge in [-0.2, -0.15) is 0 Å². The van der Waals surface area contributed by atoms with Gasteiger partial charge >= 0.3 is 5.97 Å². The number of ether oxygens (including phenoxy) is 2. The fraction of sp³-hybridized carbons (Fsp3) is 0.357. The molecular weight excluding hydrogens is 276 g/mol. The number of hydrogen-bond donors (Lipinski definition) is 1. The summed E-state index contributed by atoms with van der Waals surface area (Å²) in [6.45, 7) is -0.217. The van der Waals surface area contributed by atoms with E-state index >= 15 is 0 Å². The Labute approximate surface area is 122 Å². The van der Waals surface area contributed by atoms with Gasteiger partial charge in [0.2, 0.25) is 5.91 Å². The van der Waals surface area contributed by atoms with Crippen LogP contribution in [0.1, 0.15) is 10.4 Å². The molecule has 0 spiro atoms. The highest BCUT2D eigenvalue weighted by Crippen LogP contribution is 2.12. The van der Waals surface area contributed by atoms with Gasteiger partial charge in [-0.05, 0) is 24.3 Å². The second-order valence-corrected chi connectivity index (χ2v) is 4.23. The van der Waals surface area contributed by atoms with Crippen LogP contribution in [0, 0.1) is 0 Å². The Hall–Kier alpha value is -2.57. The van der Waals surface area contributed by atoms with Crippen molar-refractivity contribution in [3.05, 3.63) is 29.8 Å². The molecule has 7 nitrogen and oxygen atoms in total. The maximum Gasteiger partial charge on any atom is 0.337 e. The maximum absolute atomic E-state index is 11.7. The first-order valence-electron chi connectivity index (χ1n) is 6.23. The summed E-state index contributed by atoms with van der Waals surface area (Å²) < 4.78 is 9.87. The Morgan fingerprint density at radius 3 is 2.33 bits per heavy atom. The highest BCUT2D eigenvalue weighted by molar-refractivity contribution is 5.89. The van der Waals surface area contributed by atoms with Crippen LogP contribution in [0.15, 0.2) is 24.3 Å². The van der Waals surface area contributed by atoms with E-state index in [0.717, 1.165) is 0 Å². The lowest BCUT2D eigenvalue weighted by Crippen LogP contribution is -2.39. The number of benzene rings is 1. The summed E-state index contributed by atoms with van der Waals surface area (Å²) in [5.74, 6) is -0.573. The van der Waals surface area contributed by atoms with E-state index < -0.39 is 5.97 Å². The van der Waals surface area contributed by atoms with Crippen LogP contribution in [0.2, 0.25) is 0 Å². The topological polar surface area (TPSA) is 84.9 Å². The molecule has 2 amide bonds. The van der Waals surface area contributed by atoms with Gasteiger partial charge in [0.05, 0.1) is 19.2 Å². The van der Waals surface area contributed by atoms with Gasteiger partial charge in [0.25, 0.3) is 5.91 Å². The van der Waals surface area contributed by atoms with Crippen LogP contribution in [-0.4, -0.2) is 57.0 Å². The Balaban J connectivity index is 2.49. The fourth-order valence-corrected chi connectivity index (χ4v) is 1.44. The first-order valence-corrected chi connectivity index (χ1v) is 6.23. The van der Waals surface area contributed by atoms with Gasteiger partial charge in [0, 0.05) is 14.1 Å². The normalized spacial score (nSPS) is 9.67. The molecular formula is C14H18N2O5. The second-order valence-electron chi connectivity index (χ2n) is 4.23. The van der Waals surface area contributed by atoms with Crippen LogP contribution in [0.5, 0.6) is 5.75 Å². The minimum atomic E-state index is -0.442. The van der Waals surface area contributed by atoms with E-state index in [-0.39, 0.29) is 25.0 Å². The fourth-order valence-electron chi connectivity index (χ4n) is 1.44. The van der Waals surface area contributed by atoms with E-state index in [2.05, 4.69) is 10.1 Å². The molecule has 0 aliphatic heterocycles. The van der Waals surface area contributed by atoms with Crippen molar-refractivity contribution in [1.82, 2.24) is 10.2 Å². The van der Waals surface area contributed by atoms with E-state index in [9.17, 15) is 14.4 Å². The number of likely N-dealkylation sites (N-methyl/N-ethyl adjacent to an activating group) is 2. The Morgan fingerprint density at radius 2 is 1.81 bits per heavy atom. The van der Waals surface area contributed by atoms with Gasteiger partial charge in [0.1, 0.15) is 5.75 Å². The average Bonchev–Trinajstić information content (AvgIpc) is 2.51. The van der Waals surface area contributed by atoms with Crippen LogP contribution in [0.4, 0.5) is 0 Å². The molecule has 0 fully saturated rings. The maximum atomic E-state index is 11.7. The molecule has 0 atom stereocenters. The highest BCUT2D eigenvalue weighted by atomic mass is 16.5. The van der Waals surface area contributed by atoms with Gasteiger partial charge in [-0.25, -0.2) is 4.79 Å². The van der Waals surface area contributed by atoms with Crippen LogP contribution in [0.3, 0.4) is 0 Å². The molecule has 0 aromatic heterocycles. The van der Waals surface area contributed by atoms with Crippen molar-refractivity contribution in [2.45, 2.75) is 0 Å². The highest BCUT2D eigenvalue weighted by Gasteiger charge is 2.13. The SMILES string of the molecule is CNC(=O)CN(C)C(=O)COc1ccc(C(=O)OC)cc1. The summed E-state index contributed by atoms with van der Waals surface area (Å²) >= 11 is 0. The van der Waals surface area contributed by atoms with Crippen LogP contribution in [-0.2, 0) is 14.3 Å². The summed E-state index contributed by atoms with van der Waals surface area (Å²) in [6.07, 6.45) is 0. The molecule has 7 heteroatoms. The molecule has 0 aliphatic carbocycles.